The average molecular weight is 432 g/mol. The number of hydrogen-bond donors (Lipinski definition) is 1. The van der Waals surface area contributed by atoms with Gasteiger partial charge in [-0.15, -0.1) is 0 Å². The van der Waals surface area contributed by atoms with Crippen LogP contribution in [0.2, 0.25) is 0 Å². The van der Waals surface area contributed by atoms with E-state index in [0.29, 0.717) is 38.2 Å². The Kier molecular flexibility index (Phi) is 6.80. The molecule has 3 amide bonds. The lowest BCUT2D eigenvalue weighted by Crippen LogP contribution is -2.39. The van der Waals surface area contributed by atoms with Crippen LogP contribution >= 0.6 is 0 Å². The van der Waals surface area contributed by atoms with Crippen LogP contribution in [0, 0.1) is 5.82 Å². The van der Waals surface area contributed by atoms with Gasteiger partial charge in [0.25, 0.3) is 5.91 Å². The van der Waals surface area contributed by atoms with Gasteiger partial charge in [-0.2, -0.15) is 0 Å². The Balaban J connectivity index is 1.38. The second-order valence-electron chi connectivity index (χ2n) is 7.89. The minimum absolute atomic E-state index is 0.138. The topological polar surface area (TPSA) is 52.7 Å². The maximum atomic E-state index is 13.2. The van der Waals surface area contributed by atoms with Gasteiger partial charge < -0.3 is 15.1 Å². The fourth-order valence-electron chi connectivity index (χ4n) is 3.91. The number of nitrogens with one attached hydrogen (secondary N) is 1. The Morgan fingerprint density at radius 1 is 0.781 bits per heavy atom. The van der Waals surface area contributed by atoms with E-state index in [9.17, 15) is 14.0 Å². The van der Waals surface area contributed by atoms with Crippen LogP contribution in [-0.4, -0.2) is 47.9 Å². The van der Waals surface area contributed by atoms with Crippen molar-refractivity contribution in [1.82, 2.24) is 9.80 Å². The van der Waals surface area contributed by atoms with E-state index in [-0.39, 0.29) is 17.8 Å². The van der Waals surface area contributed by atoms with Crippen LogP contribution in [0.5, 0.6) is 0 Å². The lowest BCUT2D eigenvalue weighted by atomic mass is 10.0. The number of hydrogen-bond acceptors (Lipinski definition) is 2. The van der Waals surface area contributed by atoms with Crippen molar-refractivity contribution in [3.63, 3.8) is 0 Å². The third-order valence-corrected chi connectivity index (χ3v) is 5.66. The zero-order valence-corrected chi connectivity index (χ0v) is 17.8. The summed E-state index contributed by atoms with van der Waals surface area (Å²) in [5.41, 5.74) is 3.48. The molecule has 1 saturated heterocycles. The van der Waals surface area contributed by atoms with E-state index in [1.165, 1.54) is 29.8 Å². The second kappa shape index (κ2) is 10.1. The quantitative estimate of drug-likeness (QED) is 0.645. The fraction of sp³-hybridized carbons (Fsp3) is 0.231. The number of para-hydroxylation sites is 1. The highest BCUT2D eigenvalue weighted by molar-refractivity contribution is 5.94. The molecule has 6 heteroatoms. The molecule has 4 rings (SSSR count). The van der Waals surface area contributed by atoms with E-state index in [4.69, 9.17) is 0 Å². The Morgan fingerprint density at radius 3 is 2.22 bits per heavy atom. The SMILES string of the molecule is O=C(Nc1ccccc1Cc1ccccc1)N1CCCN(C(=O)c2ccc(F)cc2)CC1. The van der Waals surface area contributed by atoms with Gasteiger partial charge >= 0.3 is 6.03 Å². The van der Waals surface area contributed by atoms with Gasteiger partial charge in [0.2, 0.25) is 0 Å². The van der Waals surface area contributed by atoms with Gasteiger partial charge in [0.05, 0.1) is 0 Å². The molecule has 0 saturated carbocycles. The lowest BCUT2D eigenvalue weighted by molar-refractivity contribution is 0.0762. The molecule has 1 N–H and O–H groups in total. The molecule has 0 aliphatic carbocycles. The zero-order chi connectivity index (χ0) is 22.3. The minimum Gasteiger partial charge on any atom is -0.337 e. The number of halogens is 1. The summed E-state index contributed by atoms with van der Waals surface area (Å²) in [6.45, 7) is 2.01. The highest BCUT2D eigenvalue weighted by atomic mass is 19.1. The fourth-order valence-corrected chi connectivity index (χ4v) is 3.91. The molecular formula is C26H26FN3O2. The first-order valence-electron chi connectivity index (χ1n) is 10.8. The summed E-state index contributed by atoms with van der Waals surface area (Å²) < 4.78 is 13.2. The van der Waals surface area contributed by atoms with Gasteiger partial charge in [-0.1, -0.05) is 48.5 Å². The minimum atomic E-state index is -0.368. The van der Waals surface area contributed by atoms with Crippen molar-refractivity contribution in [3.8, 4) is 0 Å². The van der Waals surface area contributed by atoms with Gasteiger partial charge in [-0.25, -0.2) is 9.18 Å². The number of rotatable bonds is 4. The third kappa shape index (κ3) is 5.32. The molecule has 5 nitrogen and oxygen atoms in total. The molecule has 3 aromatic carbocycles. The van der Waals surface area contributed by atoms with E-state index in [1.807, 2.05) is 42.5 Å². The zero-order valence-electron chi connectivity index (χ0n) is 17.8. The molecule has 0 radical (unpaired) electrons. The Hall–Kier alpha value is -3.67. The van der Waals surface area contributed by atoms with Crippen molar-refractivity contribution < 1.29 is 14.0 Å². The van der Waals surface area contributed by atoms with Crippen LogP contribution < -0.4 is 5.32 Å². The molecule has 0 bridgehead atoms. The molecular weight excluding hydrogens is 405 g/mol. The molecule has 1 heterocycles. The van der Waals surface area contributed by atoms with Crippen LogP contribution in [-0.2, 0) is 6.42 Å². The van der Waals surface area contributed by atoms with Crippen molar-refractivity contribution in [2.75, 3.05) is 31.5 Å². The van der Waals surface area contributed by atoms with Crippen LogP contribution in [0.4, 0.5) is 14.9 Å². The normalized spacial score (nSPS) is 14.0. The predicted octanol–water partition coefficient (Wildman–Crippen LogP) is 4.80. The summed E-state index contributed by atoms with van der Waals surface area (Å²) >= 11 is 0. The van der Waals surface area contributed by atoms with E-state index in [0.717, 1.165) is 17.7 Å². The number of carbonyl (C=O) groups is 2. The number of amides is 3. The standard InChI is InChI=1S/C26H26FN3O2/c27-23-13-11-21(12-14-23)25(31)29-15-6-16-30(18-17-29)26(32)28-24-10-5-4-9-22(24)19-20-7-2-1-3-8-20/h1-5,7-14H,6,15-19H2,(H,28,32). The number of anilines is 1. The molecule has 1 fully saturated rings. The molecule has 1 aliphatic rings. The summed E-state index contributed by atoms with van der Waals surface area (Å²) in [4.78, 5) is 29.2. The molecule has 3 aromatic rings. The van der Waals surface area contributed by atoms with Gasteiger partial charge in [-0.3, -0.25) is 4.79 Å². The summed E-state index contributed by atoms with van der Waals surface area (Å²) in [6, 6.07) is 23.4. The van der Waals surface area contributed by atoms with Crippen LogP contribution in [0.25, 0.3) is 0 Å². The van der Waals surface area contributed by atoms with Crippen molar-refractivity contribution in [3.05, 3.63) is 101 Å². The second-order valence-corrected chi connectivity index (χ2v) is 7.89. The van der Waals surface area contributed by atoms with Crippen LogP contribution in [0.15, 0.2) is 78.9 Å². The van der Waals surface area contributed by atoms with Crippen molar-refractivity contribution in [2.24, 2.45) is 0 Å². The molecule has 0 atom stereocenters. The lowest BCUT2D eigenvalue weighted by Gasteiger charge is -2.23. The number of urea groups is 1. The van der Waals surface area contributed by atoms with E-state index in [1.54, 1.807) is 9.80 Å². The largest absolute Gasteiger partial charge is 0.337 e. The van der Waals surface area contributed by atoms with E-state index in [2.05, 4.69) is 17.4 Å². The summed E-state index contributed by atoms with van der Waals surface area (Å²) in [6.07, 6.45) is 1.42. The first-order chi connectivity index (χ1) is 15.6. The molecule has 0 spiro atoms. The summed E-state index contributed by atoms with van der Waals surface area (Å²) in [5.74, 6) is -0.506. The maximum absolute atomic E-state index is 13.2. The van der Waals surface area contributed by atoms with E-state index < -0.39 is 0 Å². The van der Waals surface area contributed by atoms with Gasteiger partial charge in [0.15, 0.2) is 0 Å². The van der Waals surface area contributed by atoms with Crippen molar-refractivity contribution in [2.45, 2.75) is 12.8 Å². The molecule has 0 aromatic heterocycles. The first-order valence-corrected chi connectivity index (χ1v) is 10.8. The number of benzene rings is 3. The Labute approximate surface area is 187 Å². The summed E-state index contributed by atoms with van der Waals surface area (Å²) in [7, 11) is 0. The predicted molar refractivity (Wildman–Crippen MR) is 123 cm³/mol. The first kappa shape index (κ1) is 21.6. The van der Waals surface area contributed by atoms with Gasteiger partial charge in [0.1, 0.15) is 5.82 Å². The number of nitrogens with zero attached hydrogens (tertiary/aromatic N) is 2. The molecule has 0 unspecified atom stereocenters. The van der Waals surface area contributed by atoms with Crippen molar-refractivity contribution >= 4 is 17.6 Å². The smallest absolute Gasteiger partial charge is 0.321 e. The van der Waals surface area contributed by atoms with Crippen LogP contribution in [0.1, 0.15) is 27.9 Å². The average Bonchev–Trinajstić information content (AvgIpc) is 3.08. The molecule has 32 heavy (non-hydrogen) atoms. The van der Waals surface area contributed by atoms with E-state index >= 15 is 0 Å². The highest BCUT2D eigenvalue weighted by Gasteiger charge is 2.23. The van der Waals surface area contributed by atoms with Crippen LogP contribution in [0.3, 0.4) is 0 Å². The Bertz CT molecular complexity index is 1070. The third-order valence-electron chi connectivity index (χ3n) is 5.66. The monoisotopic (exact) mass is 431 g/mol. The summed E-state index contributed by atoms with van der Waals surface area (Å²) in [5, 5.41) is 3.05. The Morgan fingerprint density at radius 2 is 1.44 bits per heavy atom. The highest BCUT2D eigenvalue weighted by Crippen LogP contribution is 2.20. The van der Waals surface area contributed by atoms with Crippen molar-refractivity contribution in [1.29, 1.82) is 0 Å². The maximum Gasteiger partial charge on any atom is 0.321 e. The molecule has 1 aliphatic heterocycles. The van der Waals surface area contributed by atoms with Gasteiger partial charge in [-0.05, 0) is 54.3 Å². The van der Waals surface area contributed by atoms with Gasteiger partial charge in [0, 0.05) is 37.4 Å². The molecule has 164 valence electrons. The number of carbonyl (C=O) groups excluding carboxylic acids is 2.